The topological polar surface area (TPSA) is 178 Å². The molecular weight excluding hydrogens is 483 g/mol. The van der Waals surface area contributed by atoms with Gasteiger partial charge in [0, 0.05) is 12.4 Å². The van der Waals surface area contributed by atoms with E-state index in [0.29, 0.717) is 11.4 Å². The van der Waals surface area contributed by atoms with Gasteiger partial charge >= 0.3 is 16.5 Å². The van der Waals surface area contributed by atoms with Crippen molar-refractivity contribution in [2.24, 2.45) is 11.5 Å². The summed E-state index contributed by atoms with van der Waals surface area (Å²) in [6.07, 6.45) is 3.06. The Bertz CT molecular complexity index is 486. The normalized spacial score (nSPS) is 6.96. The van der Waals surface area contributed by atoms with Gasteiger partial charge in [0.2, 0.25) is 0 Å². The molecule has 2 rings (SSSR count). The molecule has 0 aromatic carbocycles. The van der Waals surface area contributed by atoms with Gasteiger partial charge in [-0.3, -0.25) is 19.6 Å². The van der Waals surface area contributed by atoms with Gasteiger partial charge in [0.25, 0.3) is 11.8 Å². The van der Waals surface area contributed by atoms with E-state index >= 15 is 0 Å². The van der Waals surface area contributed by atoms with E-state index < -0.39 is 11.8 Å². The Morgan fingerprint density at radius 3 is 1.17 bits per heavy atom. The molecule has 10 N–H and O–H groups in total. The summed E-state index contributed by atoms with van der Waals surface area (Å²) in [6, 6.07) is 10.0. The summed E-state index contributed by atoms with van der Waals surface area (Å²) in [5.41, 5.74) is 10.4. The summed E-state index contributed by atoms with van der Waals surface area (Å²) >= 11 is 0. The second-order valence-electron chi connectivity index (χ2n) is 3.16. The van der Waals surface area contributed by atoms with E-state index in [2.05, 4.69) is 9.97 Å². The van der Waals surface area contributed by atoms with Gasteiger partial charge in [-0.05, 0) is 24.3 Å². The predicted octanol–water partition coefficient (Wildman–Crippen LogP) is -7.48. The SMILES string of the molecule is NC(=O)c1ccccn1.NC(=O)c1ccccn1.[Br-].[Br-].[Ni+2].[OH3+].[OH3+]. The number of rotatable bonds is 2. The molecule has 2 aromatic heterocycles. The molecule has 2 amide bonds. The van der Waals surface area contributed by atoms with Crippen LogP contribution in [0.4, 0.5) is 0 Å². The van der Waals surface area contributed by atoms with E-state index in [1.807, 2.05) is 0 Å². The van der Waals surface area contributed by atoms with Crippen LogP contribution in [0, 0.1) is 0 Å². The maximum Gasteiger partial charge on any atom is 2.00 e. The van der Waals surface area contributed by atoms with Crippen molar-refractivity contribution < 1.29 is 71.0 Å². The van der Waals surface area contributed by atoms with Crippen LogP contribution in [0.5, 0.6) is 0 Å². The third-order valence-electron chi connectivity index (χ3n) is 1.83. The van der Waals surface area contributed by atoms with Gasteiger partial charge in [0.1, 0.15) is 11.4 Å². The summed E-state index contributed by atoms with van der Waals surface area (Å²) in [4.78, 5) is 28.1. The van der Waals surface area contributed by atoms with Crippen molar-refractivity contribution in [2.75, 3.05) is 0 Å². The first-order valence-electron chi connectivity index (χ1n) is 5.03. The largest absolute Gasteiger partial charge is 2.00 e. The molecule has 0 fully saturated rings. The van der Waals surface area contributed by atoms with Gasteiger partial charge < -0.3 is 56.4 Å². The molecule has 132 valence electrons. The van der Waals surface area contributed by atoms with Crippen molar-refractivity contribution in [3.8, 4) is 0 Å². The summed E-state index contributed by atoms with van der Waals surface area (Å²) < 4.78 is 0. The van der Waals surface area contributed by atoms with Crippen LogP contribution >= 0.6 is 0 Å². The number of aromatic nitrogens is 2. The molecule has 0 spiro atoms. The molecule has 0 aliphatic rings. The standard InChI is InChI=1S/2C6H6N2O.2BrH.Ni.2H2O/c2*7-6(9)5-3-1-2-4-8-5;;;;;/h2*1-4H,(H2,7,9);2*1H;;2*1H2/q;;;;+2;;. The zero-order chi connectivity index (χ0) is 13.4. The van der Waals surface area contributed by atoms with Crippen molar-refractivity contribution in [2.45, 2.75) is 0 Å². The van der Waals surface area contributed by atoms with Crippen molar-refractivity contribution in [3.05, 3.63) is 60.2 Å². The number of carbonyl (C=O) groups excluding carboxylic acids is 2. The van der Waals surface area contributed by atoms with E-state index in [0.717, 1.165) is 0 Å². The Labute approximate surface area is 164 Å². The van der Waals surface area contributed by atoms with Crippen molar-refractivity contribution in [1.29, 1.82) is 0 Å². The van der Waals surface area contributed by atoms with Gasteiger partial charge in [-0.2, -0.15) is 0 Å². The number of primary amides is 2. The number of carbonyl (C=O) groups is 2. The summed E-state index contributed by atoms with van der Waals surface area (Å²) in [6.45, 7) is 0. The minimum Gasteiger partial charge on any atom is -1.00 e. The molecule has 2 heterocycles. The number of halogens is 2. The molecule has 0 saturated heterocycles. The Hall–Kier alpha value is -1.39. The molecule has 0 bridgehead atoms. The van der Waals surface area contributed by atoms with Gasteiger partial charge in [0.15, 0.2) is 0 Å². The Morgan fingerprint density at radius 2 is 1.04 bits per heavy atom. The summed E-state index contributed by atoms with van der Waals surface area (Å²) in [5, 5.41) is 0. The van der Waals surface area contributed by atoms with E-state index in [9.17, 15) is 9.59 Å². The van der Waals surface area contributed by atoms with E-state index in [4.69, 9.17) is 11.5 Å². The number of nitrogens with zero attached hydrogens (tertiary/aromatic N) is 2. The van der Waals surface area contributed by atoms with Gasteiger partial charge in [-0.25, -0.2) is 0 Å². The second kappa shape index (κ2) is 18.7. The molecule has 2 aromatic rings. The fourth-order valence-corrected chi connectivity index (χ4v) is 1.02. The number of amides is 2. The average Bonchev–Trinajstić information content (AvgIpc) is 2.41. The maximum absolute atomic E-state index is 10.4. The second-order valence-corrected chi connectivity index (χ2v) is 3.16. The molecular formula is C12H18Br2N4NiO4+2. The predicted molar refractivity (Wildman–Crippen MR) is 75.3 cm³/mol. The molecule has 23 heavy (non-hydrogen) atoms. The van der Waals surface area contributed by atoms with Crippen molar-refractivity contribution >= 4 is 11.8 Å². The Balaban J connectivity index is -0.0000000771. The van der Waals surface area contributed by atoms with E-state index in [1.165, 1.54) is 12.4 Å². The van der Waals surface area contributed by atoms with Crippen LogP contribution < -0.4 is 45.4 Å². The van der Waals surface area contributed by atoms with E-state index in [-0.39, 0.29) is 61.4 Å². The fraction of sp³-hybridized carbons (Fsp3) is 0. The molecule has 8 nitrogen and oxygen atoms in total. The first kappa shape index (κ1) is 33.3. The minimum atomic E-state index is -0.490. The van der Waals surface area contributed by atoms with Crippen LogP contribution in [0.15, 0.2) is 48.8 Å². The number of pyridine rings is 2. The molecule has 0 atom stereocenters. The molecule has 0 aliphatic heterocycles. The van der Waals surface area contributed by atoms with E-state index in [1.54, 1.807) is 36.4 Å². The van der Waals surface area contributed by atoms with Crippen LogP contribution in [0.3, 0.4) is 0 Å². The first-order chi connectivity index (χ1) is 8.61. The van der Waals surface area contributed by atoms with Crippen LogP contribution in [0.2, 0.25) is 0 Å². The molecule has 0 aliphatic carbocycles. The van der Waals surface area contributed by atoms with Crippen molar-refractivity contribution in [3.63, 3.8) is 0 Å². The third kappa shape index (κ3) is 14.0. The van der Waals surface area contributed by atoms with Gasteiger partial charge in [-0.1, -0.05) is 12.1 Å². The minimum absolute atomic E-state index is 0. The van der Waals surface area contributed by atoms with Gasteiger partial charge in [-0.15, -0.1) is 0 Å². The van der Waals surface area contributed by atoms with Crippen LogP contribution in [0.25, 0.3) is 0 Å². The number of nitrogens with two attached hydrogens (primary N) is 2. The Kier molecular flexibility index (Phi) is 27.0. The summed E-state index contributed by atoms with van der Waals surface area (Å²) in [7, 11) is 0. The first-order valence-corrected chi connectivity index (χ1v) is 5.03. The molecule has 0 radical (unpaired) electrons. The summed E-state index contributed by atoms with van der Waals surface area (Å²) in [5.74, 6) is -0.980. The quantitative estimate of drug-likeness (QED) is 0.307. The van der Waals surface area contributed by atoms with Gasteiger partial charge in [0.05, 0.1) is 0 Å². The van der Waals surface area contributed by atoms with Crippen LogP contribution in [0.1, 0.15) is 21.0 Å². The maximum atomic E-state index is 10.4. The molecule has 11 heteroatoms. The molecule has 0 unspecified atom stereocenters. The zero-order valence-corrected chi connectivity index (χ0v) is 15.9. The molecule has 0 saturated carbocycles. The average molecular weight is 501 g/mol. The van der Waals surface area contributed by atoms with Crippen LogP contribution in [-0.4, -0.2) is 21.8 Å². The Morgan fingerprint density at radius 1 is 0.739 bits per heavy atom. The monoisotopic (exact) mass is 498 g/mol. The zero-order valence-electron chi connectivity index (χ0n) is 11.7. The third-order valence-corrected chi connectivity index (χ3v) is 1.83. The fourth-order valence-electron chi connectivity index (χ4n) is 1.02. The number of hydrogen-bond donors (Lipinski definition) is 2. The van der Waals surface area contributed by atoms with Crippen LogP contribution in [-0.2, 0) is 27.4 Å². The number of hydrogen-bond acceptors (Lipinski definition) is 4. The van der Waals surface area contributed by atoms with Crippen molar-refractivity contribution in [1.82, 2.24) is 9.97 Å². The smallest absolute Gasteiger partial charge is 1.00 e.